The van der Waals surface area contributed by atoms with Gasteiger partial charge in [-0.2, -0.15) is 0 Å². The number of halogens is 1. The number of aromatic nitrogens is 1. The molecule has 1 aromatic heterocycles. The van der Waals surface area contributed by atoms with E-state index in [1.807, 2.05) is 0 Å². The Morgan fingerprint density at radius 2 is 1.95 bits per heavy atom. The number of carbonyl (C=O) groups is 2. The van der Waals surface area contributed by atoms with Crippen LogP contribution in [0.1, 0.15) is 43.6 Å². The van der Waals surface area contributed by atoms with Gasteiger partial charge in [0.1, 0.15) is 5.60 Å². The van der Waals surface area contributed by atoms with Crippen molar-refractivity contribution in [2.75, 3.05) is 6.54 Å². The molecule has 0 aliphatic heterocycles. The van der Waals surface area contributed by atoms with Crippen LogP contribution in [0.4, 0.5) is 4.79 Å². The van der Waals surface area contributed by atoms with Crippen LogP contribution in [0.15, 0.2) is 16.9 Å². The molecule has 6 heteroatoms. The van der Waals surface area contributed by atoms with Gasteiger partial charge in [-0.1, -0.05) is 0 Å². The average Bonchev–Trinajstić information content (AvgIpc) is 2.31. The summed E-state index contributed by atoms with van der Waals surface area (Å²) < 4.78 is 5.96. The molecular weight excluding hydrogens is 324 g/mol. The molecule has 0 aliphatic rings. The molecule has 0 atom stereocenters. The molecule has 2 amide bonds. The number of imide groups is 1. The Morgan fingerprint density at radius 1 is 1.35 bits per heavy atom. The van der Waals surface area contributed by atoms with Crippen molar-refractivity contribution < 1.29 is 14.3 Å². The van der Waals surface area contributed by atoms with Crippen LogP contribution in [0.5, 0.6) is 0 Å². The largest absolute Gasteiger partial charge is 0.443 e. The van der Waals surface area contributed by atoms with Crippen LogP contribution in [-0.2, 0) is 4.74 Å². The van der Waals surface area contributed by atoms with E-state index in [9.17, 15) is 9.59 Å². The Hall–Kier alpha value is -1.43. The summed E-state index contributed by atoms with van der Waals surface area (Å²) >= 11 is 3.32. The van der Waals surface area contributed by atoms with Crippen LogP contribution in [-0.4, -0.2) is 34.0 Å². The smallest absolute Gasteiger partial charge is 0.417 e. The highest BCUT2D eigenvalue weighted by atomic mass is 79.9. The molecule has 0 aromatic carbocycles. The zero-order chi connectivity index (χ0) is 15.5. The second-order valence-electron chi connectivity index (χ2n) is 5.32. The third kappa shape index (κ3) is 4.03. The molecule has 5 nitrogen and oxygen atoms in total. The maximum Gasteiger partial charge on any atom is 0.417 e. The lowest BCUT2D eigenvalue weighted by Crippen LogP contribution is -2.41. The first kappa shape index (κ1) is 16.6. The fraction of sp³-hybridized carbons (Fsp3) is 0.500. The van der Waals surface area contributed by atoms with E-state index in [2.05, 4.69) is 20.9 Å². The van der Waals surface area contributed by atoms with E-state index in [4.69, 9.17) is 4.74 Å². The highest BCUT2D eigenvalue weighted by Gasteiger charge is 2.28. The van der Waals surface area contributed by atoms with Crippen LogP contribution >= 0.6 is 15.9 Å². The van der Waals surface area contributed by atoms with Crippen molar-refractivity contribution in [2.24, 2.45) is 0 Å². The van der Waals surface area contributed by atoms with Gasteiger partial charge in [0.25, 0.3) is 5.91 Å². The summed E-state index contributed by atoms with van der Waals surface area (Å²) in [7, 11) is 0. The Balaban J connectivity index is 3.04. The molecule has 0 N–H and O–H groups in total. The van der Waals surface area contributed by atoms with Gasteiger partial charge in [0.15, 0.2) is 0 Å². The molecule has 0 unspecified atom stereocenters. The van der Waals surface area contributed by atoms with Gasteiger partial charge >= 0.3 is 6.09 Å². The quantitative estimate of drug-likeness (QED) is 0.824. The summed E-state index contributed by atoms with van der Waals surface area (Å²) in [5.41, 5.74) is 0.481. The third-order valence-corrected chi connectivity index (χ3v) is 3.36. The minimum absolute atomic E-state index is 0.236. The molecule has 0 bridgehead atoms. The van der Waals surface area contributed by atoms with Gasteiger partial charge in [0, 0.05) is 23.4 Å². The minimum atomic E-state index is -0.649. The van der Waals surface area contributed by atoms with E-state index in [0.717, 1.165) is 14.9 Å². The van der Waals surface area contributed by atoms with E-state index >= 15 is 0 Å². The van der Waals surface area contributed by atoms with Crippen molar-refractivity contribution in [3.8, 4) is 0 Å². The van der Waals surface area contributed by atoms with E-state index in [-0.39, 0.29) is 6.54 Å². The second-order valence-corrected chi connectivity index (χ2v) is 6.18. The molecule has 0 aliphatic carbocycles. The lowest BCUT2D eigenvalue weighted by molar-refractivity contribution is 0.0250. The van der Waals surface area contributed by atoms with E-state index in [1.165, 1.54) is 6.20 Å². The van der Waals surface area contributed by atoms with Gasteiger partial charge in [-0.25, -0.2) is 9.69 Å². The maximum atomic E-state index is 12.4. The number of hydrogen-bond donors (Lipinski definition) is 0. The van der Waals surface area contributed by atoms with Crippen LogP contribution in [0.3, 0.4) is 0 Å². The summed E-state index contributed by atoms with van der Waals surface area (Å²) in [5, 5.41) is 0. The fourth-order valence-electron chi connectivity index (χ4n) is 1.53. The minimum Gasteiger partial charge on any atom is -0.443 e. The zero-order valence-corrected chi connectivity index (χ0v) is 13.9. The van der Waals surface area contributed by atoms with Crippen molar-refractivity contribution in [3.05, 3.63) is 28.0 Å². The molecule has 110 valence electrons. The fourth-order valence-corrected chi connectivity index (χ4v) is 1.87. The lowest BCUT2D eigenvalue weighted by Gasteiger charge is -2.25. The molecular formula is C14H19BrN2O3. The van der Waals surface area contributed by atoms with Gasteiger partial charge in [-0.15, -0.1) is 0 Å². The summed E-state index contributed by atoms with van der Waals surface area (Å²) in [6, 6.07) is 0. The van der Waals surface area contributed by atoms with Crippen molar-refractivity contribution in [1.82, 2.24) is 9.88 Å². The normalized spacial score (nSPS) is 11.1. The number of rotatable bonds is 2. The molecule has 0 radical (unpaired) electrons. The molecule has 0 saturated heterocycles. The zero-order valence-electron chi connectivity index (χ0n) is 12.4. The number of pyridine rings is 1. The number of ether oxygens (including phenoxy) is 1. The van der Waals surface area contributed by atoms with Crippen LogP contribution in [0.25, 0.3) is 0 Å². The first-order valence-corrected chi connectivity index (χ1v) is 7.11. The highest BCUT2D eigenvalue weighted by molar-refractivity contribution is 9.10. The highest BCUT2D eigenvalue weighted by Crippen LogP contribution is 2.20. The molecule has 20 heavy (non-hydrogen) atoms. The van der Waals surface area contributed by atoms with Crippen LogP contribution < -0.4 is 0 Å². The topological polar surface area (TPSA) is 59.5 Å². The van der Waals surface area contributed by atoms with Gasteiger partial charge in [0.2, 0.25) is 0 Å². The standard InChI is InChI=1S/C14H19BrN2O3/c1-6-17(13(19)20-14(3,4)5)12(18)10-7-16-8-11(15)9(10)2/h7-8H,6H2,1-5H3. The molecule has 1 rings (SSSR count). The van der Waals surface area contributed by atoms with Crippen LogP contribution in [0, 0.1) is 6.92 Å². The predicted molar refractivity (Wildman–Crippen MR) is 79.6 cm³/mol. The average molecular weight is 343 g/mol. The van der Waals surface area contributed by atoms with Crippen molar-refractivity contribution >= 4 is 27.9 Å². The SMILES string of the molecule is CCN(C(=O)OC(C)(C)C)C(=O)c1cncc(Br)c1C. The first-order chi connectivity index (χ1) is 9.17. The van der Waals surface area contributed by atoms with Gasteiger partial charge in [-0.3, -0.25) is 9.78 Å². The second kappa shape index (κ2) is 6.35. The molecule has 0 fully saturated rings. The lowest BCUT2D eigenvalue weighted by atomic mass is 10.1. The number of amides is 2. The van der Waals surface area contributed by atoms with Crippen molar-refractivity contribution in [1.29, 1.82) is 0 Å². The number of nitrogens with zero attached hydrogens (tertiary/aromatic N) is 2. The molecule has 0 spiro atoms. The monoisotopic (exact) mass is 342 g/mol. The Morgan fingerprint density at radius 3 is 2.45 bits per heavy atom. The van der Waals surface area contributed by atoms with Crippen LogP contribution in [0.2, 0.25) is 0 Å². The Bertz CT molecular complexity index is 524. The van der Waals surface area contributed by atoms with Gasteiger partial charge in [0.05, 0.1) is 5.56 Å². The van der Waals surface area contributed by atoms with Crippen molar-refractivity contribution in [2.45, 2.75) is 40.2 Å². The summed E-state index contributed by atoms with van der Waals surface area (Å²) in [6.07, 6.45) is 2.41. The Labute approximate surface area is 127 Å². The molecule has 1 heterocycles. The van der Waals surface area contributed by atoms with Gasteiger partial charge in [-0.05, 0) is 56.1 Å². The summed E-state index contributed by atoms with van der Waals surface area (Å²) in [4.78, 5) is 29.5. The Kier molecular flexibility index (Phi) is 5.28. The van der Waals surface area contributed by atoms with E-state index in [1.54, 1.807) is 40.8 Å². The van der Waals surface area contributed by atoms with Crippen molar-refractivity contribution in [3.63, 3.8) is 0 Å². The van der Waals surface area contributed by atoms with E-state index in [0.29, 0.717) is 5.56 Å². The molecule has 1 aromatic rings. The summed E-state index contributed by atoms with van der Waals surface area (Å²) in [5.74, 6) is -0.409. The van der Waals surface area contributed by atoms with E-state index < -0.39 is 17.6 Å². The number of hydrogen-bond acceptors (Lipinski definition) is 4. The first-order valence-electron chi connectivity index (χ1n) is 6.32. The maximum absolute atomic E-state index is 12.4. The molecule has 0 saturated carbocycles. The third-order valence-electron chi connectivity index (χ3n) is 2.56. The predicted octanol–water partition coefficient (Wildman–Crippen LogP) is 3.55. The van der Waals surface area contributed by atoms with Gasteiger partial charge < -0.3 is 4.74 Å². The number of carbonyl (C=O) groups excluding carboxylic acids is 2. The summed E-state index contributed by atoms with van der Waals surface area (Å²) in [6.45, 7) is 9.03.